The van der Waals surface area contributed by atoms with E-state index in [2.05, 4.69) is 10.2 Å². The number of likely N-dealkylation sites (tertiary alicyclic amines) is 1. The number of hydrogen-bond donors (Lipinski definition) is 0. The summed E-state index contributed by atoms with van der Waals surface area (Å²) in [6, 6.07) is 6.42. The largest absolute Gasteiger partial charge is 0.493 e. The number of nitrogens with zero attached hydrogens (tertiary/aromatic N) is 3. The van der Waals surface area contributed by atoms with Gasteiger partial charge in [-0.1, -0.05) is 12.1 Å². The second-order valence-corrected chi connectivity index (χ2v) is 6.86. The van der Waals surface area contributed by atoms with Gasteiger partial charge in [0, 0.05) is 18.5 Å². The summed E-state index contributed by atoms with van der Waals surface area (Å²) >= 11 is 0. The molecule has 158 valence electrons. The molecule has 30 heavy (non-hydrogen) atoms. The minimum atomic E-state index is -4.74. The zero-order valence-corrected chi connectivity index (χ0v) is 15.7. The van der Waals surface area contributed by atoms with Crippen LogP contribution in [0.3, 0.4) is 0 Å². The van der Waals surface area contributed by atoms with Gasteiger partial charge in [0.05, 0.1) is 13.0 Å². The molecule has 0 bridgehead atoms. The number of alkyl halides is 3. The second kappa shape index (κ2) is 7.47. The number of carbonyl (C=O) groups is 1. The summed E-state index contributed by atoms with van der Waals surface area (Å²) in [7, 11) is 1.43. The highest BCUT2D eigenvalue weighted by Gasteiger charge is 2.39. The van der Waals surface area contributed by atoms with Gasteiger partial charge in [-0.2, -0.15) is 13.2 Å². The smallest absolute Gasteiger partial charge is 0.470 e. The lowest BCUT2D eigenvalue weighted by Crippen LogP contribution is -2.40. The summed E-state index contributed by atoms with van der Waals surface area (Å²) in [5.41, 5.74) is -0.766. The molecule has 1 unspecified atom stereocenters. The highest BCUT2D eigenvalue weighted by atomic mass is 19.4. The molecule has 11 heteroatoms. The first kappa shape index (κ1) is 19.9. The Hall–Kier alpha value is -3.37. The molecule has 1 aliphatic heterocycles. The minimum absolute atomic E-state index is 0.0495. The van der Waals surface area contributed by atoms with E-state index in [0.717, 1.165) is 0 Å². The van der Waals surface area contributed by atoms with Gasteiger partial charge in [-0.25, -0.2) is 4.79 Å². The molecule has 0 spiro atoms. The quantitative estimate of drug-likeness (QED) is 0.597. The van der Waals surface area contributed by atoms with E-state index < -0.39 is 29.5 Å². The van der Waals surface area contributed by atoms with Gasteiger partial charge in [0.25, 0.3) is 5.91 Å². The Morgan fingerprint density at radius 3 is 2.77 bits per heavy atom. The molecule has 1 amide bonds. The monoisotopic (exact) mass is 423 g/mol. The molecular weight excluding hydrogens is 407 g/mol. The number of hydrogen-bond acceptors (Lipinski definition) is 7. The summed E-state index contributed by atoms with van der Waals surface area (Å²) in [6.07, 6.45) is -3.75. The average molecular weight is 423 g/mol. The Labute approximate surface area is 167 Å². The topological polar surface area (TPSA) is 98.7 Å². The van der Waals surface area contributed by atoms with Crippen LogP contribution in [0.4, 0.5) is 13.2 Å². The molecule has 1 aliphatic rings. The number of ether oxygens (including phenoxy) is 1. The van der Waals surface area contributed by atoms with E-state index in [4.69, 9.17) is 13.6 Å². The Balaban J connectivity index is 1.60. The summed E-state index contributed by atoms with van der Waals surface area (Å²) < 4.78 is 53.3. The summed E-state index contributed by atoms with van der Waals surface area (Å²) in [5, 5.41) is 7.03. The van der Waals surface area contributed by atoms with Crippen molar-refractivity contribution in [1.82, 2.24) is 15.1 Å². The Bertz CT molecular complexity index is 1150. The average Bonchev–Trinajstić information content (AvgIpc) is 3.23. The zero-order chi connectivity index (χ0) is 21.5. The summed E-state index contributed by atoms with van der Waals surface area (Å²) in [5.74, 6) is -2.38. The van der Waals surface area contributed by atoms with Gasteiger partial charge < -0.3 is 18.5 Å². The predicted molar refractivity (Wildman–Crippen MR) is 96.2 cm³/mol. The van der Waals surface area contributed by atoms with Crippen LogP contribution in [0.1, 0.15) is 40.9 Å². The third-order valence-electron chi connectivity index (χ3n) is 4.92. The molecule has 0 saturated carbocycles. The number of halogens is 3. The van der Waals surface area contributed by atoms with E-state index in [-0.39, 0.29) is 23.6 Å². The second-order valence-electron chi connectivity index (χ2n) is 6.86. The van der Waals surface area contributed by atoms with Crippen LogP contribution < -0.4 is 10.4 Å². The van der Waals surface area contributed by atoms with Gasteiger partial charge in [-0.15, -0.1) is 10.2 Å². The van der Waals surface area contributed by atoms with E-state index in [1.807, 2.05) is 0 Å². The number of carbonyl (C=O) groups excluding carboxylic acids is 1. The van der Waals surface area contributed by atoms with Crippen LogP contribution in [0.25, 0.3) is 11.0 Å². The van der Waals surface area contributed by atoms with Crippen molar-refractivity contribution in [2.24, 2.45) is 0 Å². The van der Waals surface area contributed by atoms with Crippen LogP contribution in [0.5, 0.6) is 5.75 Å². The first-order chi connectivity index (χ1) is 14.3. The van der Waals surface area contributed by atoms with Crippen LogP contribution >= 0.6 is 0 Å². The Kier molecular flexibility index (Phi) is 4.96. The van der Waals surface area contributed by atoms with Crippen molar-refractivity contribution in [2.75, 3.05) is 20.2 Å². The molecule has 8 nitrogen and oxygen atoms in total. The maximum atomic E-state index is 12.9. The Morgan fingerprint density at radius 1 is 1.27 bits per heavy atom. The number of amides is 1. The highest BCUT2D eigenvalue weighted by Crippen LogP contribution is 2.32. The fraction of sp³-hybridized carbons (Fsp3) is 0.368. The van der Waals surface area contributed by atoms with Crippen LogP contribution in [-0.2, 0) is 6.18 Å². The summed E-state index contributed by atoms with van der Waals surface area (Å²) in [6.45, 7) is 0.388. The molecule has 1 aromatic carbocycles. The molecule has 3 heterocycles. The molecule has 3 aromatic rings. The zero-order valence-electron chi connectivity index (χ0n) is 15.7. The normalized spacial score (nSPS) is 17.3. The first-order valence-electron chi connectivity index (χ1n) is 9.08. The van der Waals surface area contributed by atoms with Gasteiger partial charge in [-0.05, 0) is 25.0 Å². The maximum absolute atomic E-state index is 12.9. The number of benzene rings is 1. The number of fused-ring (bicyclic) bond motifs is 1. The molecule has 0 radical (unpaired) electrons. The van der Waals surface area contributed by atoms with Gasteiger partial charge in [0.15, 0.2) is 11.3 Å². The lowest BCUT2D eigenvalue weighted by atomic mass is 9.97. The van der Waals surface area contributed by atoms with Crippen LogP contribution in [-0.4, -0.2) is 41.2 Å². The highest BCUT2D eigenvalue weighted by molar-refractivity contribution is 5.97. The molecule has 2 aromatic heterocycles. The predicted octanol–water partition coefficient (Wildman–Crippen LogP) is 3.22. The van der Waals surface area contributed by atoms with Gasteiger partial charge >= 0.3 is 17.7 Å². The standard InChI is InChI=1S/C19H16F3N3O5/c1-28-13-6-2-4-10-8-12(17(27)29-14(10)13)16(26)25-7-3-5-11(9-25)15-23-24-18(30-15)19(20,21)22/h2,4,6,8,11H,3,5,7,9H2,1H3. The van der Waals surface area contributed by atoms with Crippen molar-refractivity contribution in [3.05, 3.63) is 52.0 Å². The van der Waals surface area contributed by atoms with E-state index in [0.29, 0.717) is 30.5 Å². The number of rotatable bonds is 3. The molecule has 1 saturated heterocycles. The van der Waals surface area contributed by atoms with Crippen LogP contribution in [0.2, 0.25) is 0 Å². The van der Waals surface area contributed by atoms with Gasteiger partial charge in [0.1, 0.15) is 5.56 Å². The van der Waals surface area contributed by atoms with E-state index in [1.54, 1.807) is 18.2 Å². The van der Waals surface area contributed by atoms with Crippen molar-refractivity contribution >= 4 is 16.9 Å². The fourth-order valence-corrected chi connectivity index (χ4v) is 3.48. The van der Waals surface area contributed by atoms with Crippen LogP contribution in [0.15, 0.2) is 37.9 Å². The molecule has 1 atom stereocenters. The van der Waals surface area contributed by atoms with E-state index in [1.165, 1.54) is 18.1 Å². The van der Waals surface area contributed by atoms with Crippen molar-refractivity contribution in [2.45, 2.75) is 24.9 Å². The van der Waals surface area contributed by atoms with Crippen molar-refractivity contribution in [3.8, 4) is 5.75 Å². The van der Waals surface area contributed by atoms with E-state index >= 15 is 0 Å². The van der Waals surface area contributed by atoms with Crippen molar-refractivity contribution < 1.29 is 31.5 Å². The molecule has 0 N–H and O–H groups in total. The number of para-hydroxylation sites is 1. The lowest BCUT2D eigenvalue weighted by Gasteiger charge is -2.30. The third-order valence-corrected chi connectivity index (χ3v) is 4.92. The number of aromatic nitrogens is 2. The molecular formula is C19H16F3N3O5. The van der Waals surface area contributed by atoms with E-state index in [9.17, 15) is 22.8 Å². The first-order valence-corrected chi connectivity index (χ1v) is 9.08. The van der Waals surface area contributed by atoms with Crippen molar-refractivity contribution in [3.63, 3.8) is 0 Å². The SMILES string of the molecule is COc1cccc2cc(C(=O)N3CCCC(c4nnc(C(F)(F)F)o4)C3)c(=O)oc12. The minimum Gasteiger partial charge on any atom is -0.493 e. The number of piperidine rings is 1. The van der Waals surface area contributed by atoms with Crippen LogP contribution in [0, 0.1) is 0 Å². The van der Waals surface area contributed by atoms with Crippen molar-refractivity contribution in [1.29, 1.82) is 0 Å². The fourth-order valence-electron chi connectivity index (χ4n) is 3.48. The van der Waals surface area contributed by atoms with Gasteiger partial charge in [0.2, 0.25) is 5.89 Å². The maximum Gasteiger partial charge on any atom is 0.470 e. The third kappa shape index (κ3) is 3.62. The lowest BCUT2D eigenvalue weighted by molar-refractivity contribution is -0.157. The Morgan fingerprint density at radius 2 is 2.07 bits per heavy atom. The molecule has 0 aliphatic carbocycles. The van der Waals surface area contributed by atoms with Gasteiger partial charge in [-0.3, -0.25) is 4.79 Å². The number of methoxy groups -OCH3 is 1. The molecule has 4 rings (SSSR count). The summed E-state index contributed by atoms with van der Waals surface area (Å²) in [4.78, 5) is 26.7. The molecule has 1 fully saturated rings.